The summed E-state index contributed by atoms with van der Waals surface area (Å²) in [6, 6.07) is 9.30. The fourth-order valence-electron chi connectivity index (χ4n) is 0.875. The van der Waals surface area contributed by atoms with E-state index in [1.54, 1.807) is 0 Å². The van der Waals surface area contributed by atoms with E-state index in [1.807, 2.05) is 30.3 Å². The van der Waals surface area contributed by atoms with E-state index in [2.05, 4.69) is 4.84 Å². The average Bonchev–Trinajstić information content (AvgIpc) is 2.15. The van der Waals surface area contributed by atoms with E-state index in [1.165, 1.54) is 6.20 Å². The fraction of sp³-hybridized carbons (Fsp3) is 0. The highest BCUT2D eigenvalue weighted by Crippen LogP contribution is 2.09. The molecule has 0 atom stereocenters. The topological polar surface area (TPSA) is 29.1 Å². The van der Waals surface area contributed by atoms with Crippen molar-refractivity contribution in [3.05, 3.63) is 42.1 Å². The number of allylic oxidation sites excluding steroid dienone is 1. The molecule has 0 saturated heterocycles. The molecule has 0 aliphatic rings. The predicted molar refractivity (Wildman–Crippen MR) is 49.5 cm³/mol. The van der Waals surface area contributed by atoms with Crippen molar-refractivity contribution in [2.45, 2.75) is 0 Å². The monoisotopic (exact) mass is 181 g/mol. The molecule has 0 radical (unpaired) electrons. The average molecular weight is 182 g/mol. The van der Waals surface area contributed by atoms with E-state index in [9.17, 15) is 4.79 Å². The predicted octanol–water partition coefficient (Wildman–Crippen LogP) is 1.97. The van der Waals surface area contributed by atoms with Gasteiger partial charge in [-0.1, -0.05) is 30.3 Å². The Morgan fingerprint density at radius 2 is 2.00 bits per heavy atom. The van der Waals surface area contributed by atoms with Crippen molar-refractivity contribution in [2.75, 3.05) is 0 Å². The van der Waals surface area contributed by atoms with Crippen molar-refractivity contribution in [2.24, 2.45) is 0 Å². The first kappa shape index (κ1) is 8.81. The second kappa shape index (κ2) is 4.57. The summed E-state index contributed by atoms with van der Waals surface area (Å²) in [4.78, 5) is 12.8. The molecule has 0 saturated carbocycles. The van der Waals surface area contributed by atoms with Crippen LogP contribution < -0.4 is 4.84 Å². The fourth-order valence-corrected chi connectivity index (χ4v) is 0.992. The maximum Gasteiger partial charge on any atom is 0.152 e. The van der Waals surface area contributed by atoms with Crippen LogP contribution in [0, 0.1) is 0 Å². The van der Waals surface area contributed by atoms with Crippen LogP contribution in [0.2, 0.25) is 0 Å². The molecule has 12 heavy (non-hydrogen) atoms. The van der Waals surface area contributed by atoms with Crippen molar-refractivity contribution >= 4 is 23.6 Å². The summed E-state index contributed by atoms with van der Waals surface area (Å²) in [5.41, 5.74) is 1.38. The zero-order valence-electron chi connectivity index (χ0n) is 6.33. The Morgan fingerprint density at radius 1 is 1.33 bits per heavy atom. The van der Waals surface area contributed by atoms with Gasteiger partial charge in [0.2, 0.25) is 0 Å². The van der Waals surface area contributed by atoms with Gasteiger partial charge in [0.15, 0.2) is 6.29 Å². The van der Waals surface area contributed by atoms with Gasteiger partial charge in [-0.15, -0.1) is 0 Å². The minimum Gasteiger partial charge on any atom is -0.305 e. The minimum atomic E-state index is 0.533. The lowest BCUT2D eigenvalue weighted by Gasteiger charge is -1.97. The lowest BCUT2D eigenvalue weighted by Crippen LogP contribution is -1.91. The molecule has 0 aliphatic heterocycles. The summed E-state index contributed by atoms with van der Waals surface area (Å²) in [5, 5.41) is 0. The molecule has 1 aromatic rings. The van der Waals surface area contributed by atoms with Crippen molar-refractivity contribution in [3.63, 3.8) is 0 Å². The van der Waals surface area contributed by atoms with Crippen molar-refractivity contribution in [1.29, 1.82) is 0 Å². The molecule has 0 amide bonds. The number of halogens is 1. The van der Waals surface area contributed by atoms with Gasteiger partial charge in [0.25, 0.3) is 0 Å². The van der Waals surface area contributed by atoms with Gasteiger partial charge < -0.3 is 4.84 Å². The molecule has 1 rings (SSSR count). The first-order valence-electron chi connectivity index (χ1n) is 3.45. The number of rotatable bonds is 3. The number of hydrogen-bond donors (Lipinski definition) is 1. The summed E-state index contributed by atoms with van der Waals surface area (Å²) in [6.07, 6.45) is 2.20. The first-order valence-corrected chi connectivity index (χ1v) is 3.83. The zero-order valence-corrected chi connectivity index (χ0v) is 7.08. The Morgan fingerprint density at radius 3 is 2.50 bits per heavy atom. The third-order valence-electron chi connectivity index (χ3n) is 1.44. The molecule has 0 heterocycles. The van der Waals surface area contributed by atoms with Crippen LogP contribution in [-0.2, 0) is 4.79 Å². The molecule has 0 unspecified atom stereocenters. The Kier molecular flexibility index (Phi) is 3.35. The van der Waals surface area contributed by atoms with Gasteiger partial charge in [-0.3, -0.25) is 4.79 Å². The molecule has 3 heteroatoms. The quantitative estimate of drug-likeness (QED) is 0.439. The number of hydrogen-bond acceptors (Lipinski definition) is 2. The Balaban J connectivity index is 2.96. The van der Waals surface area contributed by atoms with Crippen LogP contribution in [0.25, 0.3) is 5.57 Å². The van der Waals surface area contributed by atoms with Gasteiger partial charge in [0.1, 0.15) is 0 Å². The molecule has 0 spiro atoms. The molecule has 1 N–H and O–H groups in total. The molecule has 0 bridgehead atoms. The summed E-state index contributed by atoms with van der Waals surface area (Å²) in [6.45, 7) is 0. The van der Waals surface area contributed by atoms with E-state index in [4.69, 9.17) is 11.8 Å². The van der Waals surface area contributed by atoms with E-state index >= 15 is 0 Å². The van der Waals surface area contributed by atoms with Gasteiger partial charge in [-0.25, -0.2) is 0 Å². The van der Waals surface area contributed by atoms with Crippen LogP contribution in [0.1, 0.15) is 5.56 Å². The molecule has 0 aromatic heterocycles. The summed E-state index contributed by atoms with van der Waals surface area (Å²) < 4.78 is 0. The number of nitrogens with one attached hydrogen (secondary N) is 1. The summed E-state index contributed by atoms with van der Waals surface area (Å²) in [7, 11) is 0. The summed E-state index contributed by atoms with van der Waals surface area (Å²) >= 11 is 5.24. The molecular weight excluding hydrogens is 174 g/mol. The van der Waals surface area contributed by atoms with Crippen LogP contribution in [0.4, 0.5) is 0 Å². The van der Waals surface area contributed by atoms with Gasteiger partial charge in [-0.2, -0.15) is 0 Å². The smallest absolute Gasteiger partial charge is 0.152 e. The zero-order chi connectivity index (χ0) is 8.81. The van der Waals surface area contributed by atoms with Gasteiger partial charge in [0.05, 0.1) is 0 Å². The van der Waals surface area contributed by atoms with Crippen LogP contribution >= 0.6 is 11.8 Å². The third-order valence-corrected chi connectivity index (χ3v) is 1.55. The second-order valence-electron chi connectivity index (χ2n) is 2.19. The maximum atomic E-state index is 10.5. The Labute approximate surface area is 76.0 Å². The minimum absolute atomic E-state index is 0.533. The van der Waals surface area contributed by atoms with Crippen molar-refractivity contribution in [1.82, 2.24) is 4.84 Å². The van der Waals surface area contributed by atoms with Crippen LogP contribution in [-0.4, -0.2) is 6.29 Å². The first-order chi connectivity index (χ1) is 5.88. The van der Waals surface area contributed by atoms with Crippen LogP contribution in [0.15, 0.2) is 36.5 Å². The standard InChI is InChI=1S/C9H8ClNO/c10-11-6-9(7-12)8-4-2-1-3-5-8/h1-7,11H/b9-6-. The van der Waals surface area contributed by atoms with Crippen molar-refractivity contribution < 1.29 is 4.79 Å². The highest BCUT2D eigenvalue weighted by atomic mass is 35.5. The van der Waals surface area contributed by atoms with Crippen LogP contribution in [0.5, 0.6) is 0 Å². The van der Waals surface area contributed by atoms with Gasteiger partial charge in [-0.05, 0) is 5.56 Å². The molecule has 0 aliphatic carbocycles. The normalized spacial score (nSPS) is 10.9. The van der Waals surface area contributed by atoms with E-state index in [-0.39, 0.29) is 0 Å². The number of benzene rings is 1. The SMILES string of the molecule is O=C/C(=C/NCl)c1ccccc1. The summed E-state index contributed by atoms with van der Waals surface area (Å²) in [5.74, 6) is 0. The molecule has 2 nitrogen and oxygen atoms in total. The lowest BCUT2D eigenvalue weighted by molar-refractivity contribution is -0.103. The Bertz CT molecular complexity index is 282. The van der Waals surface area contributed by atoms with Crippen LogP contribution in [0.3, 0.4) is 0 Å². The highest BCUT2D eigenvalue weighted by Gasteiger charge is 1.96. The number of aldehydes is 1. The second-order valence-corrected chi connectivity index (χ2v) is 2.41. The molecule has 1 aromatic carbocycles. The van der Waals surface area contributed by atoms with E-state index in [0.29, 0.717) is 5.57 Å². The molecule has 0 fully saturated rings. The van der Waals surface area contributed by atoms with Crippen molar-refractivity contribution in [3.8, 4) is 0 Å². The highest BCUT2D eigenvalue weighted by molar-refractivity contribution is 6.16. The number of carbonyl (C=O) groups excluding carboxylic acids is 1. The van der Waals surface area contributed by atoms with Gasteiger partial charge in [0, 0.05) is 23.5 Å². The van der Waals surface area contributed by atoms with Gasteiger partial charge >= 0.3 is 0 Å². The van der Waals surface area contributed by atoms with E-state index in [0.717, 1.165) is 11.8 Å². The molecule has 62 valence electrons. The van der Waals surface area contributed by atoms with E-state index < -0.39 is 0 Å². The maximum absolute atomic E-state index is 10.5. The largest absolute Gasteiger partial charge is 0.305 e. The molecular formula is C9H8ClNO. The lowest BCUT2D eigenvalue weighted by atomic mass is 10.1. The Hall–Kier alpha value is -1.28. The third kappa shape index (κ3) is 2.10. The number of carbonyl (C=O) groups is 1.